The lowest BCUT2D eigenvalue weighted by Crippen LogP contribution is -2.63. The molecule has 7 unspecified atom stereocenters. The number of ether oxygens (including phenoxy) is 8. The van der Waals surface area contributed by atoms with E-state index >= 15 is 0 Å². The Balaban J connectivity index is 1.74. The summed E-state index contributed by atoms with van der Waals surface area (Å²) in [5, 5.41) is 4.84. The van der Waals surface area contributed by atoms with Gasteiger partial charge in [-0.2, -0.15) is 5.10 Å². The molecule has 1 saturated heterocycles. The summed E-state index contributed by atoms with van der Waals surface area (Å²) < 4.78 is 47.1. The SMILES string of the molecule is CC(=O)OCC(OC(C)=O)C(OC1OC(COC(C)=O)C(OC(C)=O)C(OC(C)=O)C1OC(C)=O)c1nn(-c2ccccc2)c2nc3ccccc3nc12. The van der Waals surface area contributed by atoms with E-state index in [9.17, 15) is 28.8 Å². The lowest BCUT2D eigenvalue weighted by atomic mass is 9.97. The first kappa shape index (κ1) is 39.2. The molecule has 0 aliphatic carbocycles. The van der Waals surface area contributed by atoms with Gasteiger partial charge in [-0.1, -0.05) is 30.3 Å². The highest BCUT2D eigenvalue weighted by Crippen LogP contribution is 2.37. The molecule has 0 spiro atoms. The molecule has 7 atom stereocenters. The third kappa shape index (κ3) is 9.50. The van der Waals surface area contributed by atoms with Crippen LogP contribution in [0.4, 0.5) is 0 Å². The van der Waals surface area contributed by atoms with Gasteiger partial charge in [0.25, 0.3) is 0 Å². The number of rotatable bonds is 13. The van der Waals surface area contributed by atoms with Crippen molar-refractivity contribution in [2.75, 3.05) is 13.2 Å². The number of hydrogen-bond acceptors (Lipinski definition) is 17. The lowest BCUT2D eigenvalue weighted by Gasteiger charge is -2.45. The highest BCUT2D eigenvalue weighted by molar-refractivity contribution is 5.87. The summed E-state index contributed by atoms with van der Waals surface area (Å²) in [6.07, 6.45) is -10.9. The Morgan fingerprint density at radius 2 is 1.26 bits per heavy atom. The van der Waals surface area contributed by atoms with E-state index in [-0.39, 0.29) is 16.9 Å². The number of fused-ring (bicyclic) bond motifs is 2. The maximum absolute atomic E-state index is 12.6. The summed E-state index contributed by atoms with van der Waals surface area (Å²) in [5.74, 6) is -4.80. The smallest absolute Gasteiger partial charge is 0.303 e. The van der Waals surface area contributed by atoms with E-state index in [1.165, 1.54) is 4.68 Å². The van der Waals surface area contributed by atoms with Crippen molar-refractivity contribution in [3.63, 3.8) is 0 Å². The van der Waals surface area contributed by atoms with Crippen molar-refractivity contribution in [1.29, 1.82) is 0 Å². The molecule has 0 radical (unpaired) electrons. The lowest BCUT2D eigenvalue weighted by molar-refractivity contribution is -0.324. The average molecular weight is 751 g/mol. The van der Waals surface area contributed by atoms with Crippen LogP contribution < -0.4 is 0 Å². The van der Waals surface area contributed by atoms with E-state index in [1.54, 1.807) is 48.5 Å². The number of carbonyl (C=O) groups excluding carboxylic acids is 6. The minimum absolute atomic E-state index is 0.0124. The number of nitrogens with zero attached hydrogens (tertiary/aromatic N) is 4. The Morgan fingerprint density at radius 3 is 1.85 bits per heavy atom. The van der Waals surface area contributed by atoms with Crippen LogP contribution in [0.2, 0.25) is 0 Å². The molecule has 5 rings (SSSR count). The van der Waals surface area contributed by atoms with E-state index in [2.05, 4.69) is 0 Å². The predicted octanol–water partition coefficient (Wildman–Crippen LogP) is 2.60. The Kier molecular flexibility index (Phi) is 12.5. The monoisotopic (exact) mass is 750 g/mol. The van der Waals surface area contributed by atoms with Crippen LogP contribution in [0.15, 0.2) is 54.6 Å². The number of aromatic nitrogens is 4. The topological polar surface area (TPSA) is 220 Å². The summed E-state index contributed by atoms with van der Waals surface area (Å²) in [6.45, 7) is 5.55. The Morgan fingerprint density at radius 1 is 0.685 bits per heavy atom. The molecule has 0 saturated carbocycles. The zero-order chi connectivity index (χ0) is 39.1. The minimum Gasteiger partial charge on any atom is -0.463 e. The van der Waals surface area contributed by atoms with Gasteiger partial charge in [0.1, 0.15) is 36.6 Å². The van der Waals surface area contributed by atoms with Crippen LogP contribution in [0.25, 0.3) is 27.9 Å². The molecule has 2 aromatic carbocycles. The maximum Gasteiger partial charge on any atom is 0.303 e. The van der Waals surface area contributed by atoms with Gasteiger partial charge in [0.05, 0.1) is 16.7 Å². The molecule has 1 aliphatic heterocycles. The predicted molar refractivity (Wildman–Crippen MR) is 182 cm³/mol. The summed E-state index contributed by atoms with van der Waals surface area (Å²) in [6, 6.07) is 16.0. The van der Waals surface area contributed by atoms with Crippen molar-refractivity contribution in [3.05, 3.63) is 60.3 Å². The molecular weight excluding hydrogens is 712 g/mol. The molecule has 4 aromatic rings. The third-order valence-corrected chi connectivity index (χ3v) is 7.81. The zero-order valence-electron chi connectivity index (χ0n) is 30.2. The zero-order valence-corrected chi connectivity index (χ0v) is 30.2. The van der Waals surface area contributed by atoms with Gasteiger partial charge in [0.15, 0.2) is 36.4 Å². The summed E-state index contributed by atoms with van der Waals surface area (Å²) in [4.78, 5) is 83.6. The fourth-order valence-electron chi connectivity index (χ4n) is 5.82. The van der Waals surface area contributed by atoms with Crippen molar-refractivity contribution in [3.8, 4) is 5.69 Å². The fraction of sp³-hybridized carbons (Fsp3) is 0.417. The molecule has 1 fully saturated rings. The summed E-state index contributed by atoms with van der Waals surface area (Å²) in [7, 11) is 0. The molecule has 1 aliphatic rings. The van der Waals surface area contributed by atoms with E-state index in [0.717, 1.165) is 41.5 Å². The largest absolute Gasteiger partial charge is 0.463 e. The number of esters is 6. The number of benzene rings is 2. The van der Waals surface area contributed by atoms with Crippen LogP contribution in [-0.4, -0.2) is 106 Å². The van der Waals surface area contributed by atoms with Crippen LogP contribution in [0, 0.1) is 0 Å². The summed E-state index contributed by atoms with van der Waals surface area (Å²) >= 11 is 0. The van der Waals surface area contributed by atoms with Crippen molar-refractivity contribution in [1.82, 2.24) is 19.7 Å². The van der Waals surface area contributed by atoms with E-state index in [1.807, 2.05) is 6.07 Å². The molecule has 3 heterocycles. The van der Waals surface area contributed by atoms with Crippen molar-refractivity contribution in [2.45, 2.75) is 84.5 Å². The molecule has 18 nitrogen and oxygen atoms in total. The van der Waals surface area contributed by atoms with E-state index in [4.69, 9.17) is 53.0 Å². The number of hydrogen-bond donors (Lipinski definition) is 0. The van der Waals surface area contributed by atoms with Gasteiger partial charge in [0.2, 0.25) is 0 Å². The first-order valence-electron chi connectivity index (χ1n) is 16.7. The van der Waals surface area contributed by atoms with Crippen molar-refractivity contribution >= 4 is 58.0 Å². The van der Waals surface area contributed by atoms with Gasteiger partial charge < -0.3 is 37.9 Å². The van der Waals surface area contributed by atoms with Crippen LogP contribution in [0.3, 0.4) is 0 Å². The van der Waals surface area contributed by atoms with E-state index in [0.29, 0.717) is 16.7 Å². The van der Waals surface area contributed by atoms with Gasteiger partial charge in [-0.15, -0.1) is 0 Å². The summed E-state index contributed by atoms with van der Waals surface area (Å²) in [5.41, 5.74) is 2.01. The molecule has 0 amide bonds. The normalized spacial score (nSPS) is 20.7. The van der Waals surface area contributed by atoms with Crippen LogP contribution >= 0.6 is 0 Å². The Labute approximate surface area is 307 Å². The number of para-hydroxylation sites is 3. The second-order valence-corrected chi connectivity index (χ2v) is 12.1. The van der Waals surface area contributed by atoms with Crippen LogP contribution in [0.5, 0.6) is 0 Å². The Bertz CT molecular complexity index is 2040. The molecule has 0 bridgehead atoms. The molecule has 286 valence electrons. The Hall–Kier alpha value is -6.01. The molecule has 18 heteroatoms. The van der Waals surface area contributed by atoms with Gasteiger partial charge in [-0.3, -0.25) is 28.8 Å². The number of carbonyl (C=O) groups is 6. The van der Waals surface area contributed by atoms with Crippen molar-refractivity contribution < 1.29 is 66.7 Å². The van der Waals surface area contributed by atoms with Crippen LogP contribution in [0.1, 0.15) is 53.3 Å². The molecule has 54 heavy (non-hydrogen) atoms. The maximum atomic E-state index is 12.6. The first-order chi connectivity index (χ1) is 25.7. The highest BCUT2D eigenvalue weighted by Gasteiger charge is 2.54. The van der Waals surface area contributed by atoms with Gasteiger partial charge >= 0.3 is 35.8 Å². The second-order valence-electron chi connectivity index (χ2n) is 12.1. The second kappa shape index (κ2) is 17.2. The molecule has 2 aromatic heterocycles. The van der Waals surface area contributed by atoms with Crippen LogP contribution in [-0.2, 0) is 66.7 Å². The van der Waals surface area contributed by atoms with Gasteiger partial charge in [-0.25, -0.2) is 14.6 Å². The highest BCUT2D eigenvalue weighted by atomic mass is 16.7. The third-order valence-electron chi connectivity index (χ3n) is 7.81. The average Bonchev–Trinajstić information content (AvgIpc) is 3.47. The molecular formula is C36H38N4O14. The standard InChI is InChI=1S/C36H38N4O14/c1-18(41)47-16-27(49-20(3)43)31(29-30-35(38-26-15-11-10-14-25(26)37-30)40(39-29)24-12-8-7-9-13-24)54-36-34(52-23(6)46)33(51-22(5)45)32(50-21(4)44)28(53-36)17-48-19(2)42/h7-15,27-28,31-34,36H,16-17H2,1-6H3. The minimum atomic E-state index is -1.75. The quantitative estimate of drug-likeness (QED) is 0.142. The van der Waals surface area contributed by atoms with Gasteiger partial charge in [0, 0.05) is 41.5 Å². The molecule has 0 N–H and O–H groups in total. The van der Waals surface area contributed by atoms with Gasteiger partial charge in [-0.05, 0) is 24.3 Å². The fourth-order valence-corrected chi connectivity index (χ4v) is 5.82. The van der Waals surface area contributed by atoms with Crippen molar-refractivity contribution in [2.24, 2.45) is 0 Å². The first-order valence-corrected chi connectivity index (χ1v) is 16.7. The van der Waals surface area contributed by atoms with E-state index < -0.39 is 91.9 Å².